The largest absolute Gasteiger partial charge is 0.213 e. The Balaban J connectivity index is 2.29. The van der Waals surface area contributed by atoms with Crippen LogP contribution in [0.15, 0.2) is 48.5 Å². The Morgan fingerprint density at radius 2 is 1.81 bits per heavy atom. The molecule has 0 N–H and O–H groups in total. The lowest BCUT2D eigenvalue weighted by Crippen LogP contribution is -1.95. The fraction of sp³-hybridized carbons (Fsp3) is 0. The number of aromatic nitrogens is 3. The zero-order valence-electron chi connectivity index (χ0n) is 8.34. The second-order valence-corrected chi connectivity index (χ2v) is 3.91. The molecular weight excluding hydrogens is 222 g/mol. The number of benzene rings is 2. The third kappa shape index (κ3) is 1.46. The van der Waals surface area contributed by atoms with Crippen LogP contribution in [0, 0.1) is 0 Å². The van der Waals surface area contributed by atoms with Gasteiger partial charge in [0.15, 0.2) is 0 Å². The summed E-state index contributed by atoms with van der Waals surface area (Å²) in [7, 11) is 0. The van der Waals surface area contributed by atoms with Crippen LogP contribution >= 0.6 is 11.6 Å². The minimum atomic E-state index is 0.687. The highest BCUT2D eigenvalue weighted by atomic mass is 35.5. The highest BCUT2D eigenvalue weighted by Gasteiger charge is 2.05. The van der Waals surface area contributed by atoms with E-state index in [1.165, 1.54) is 0 Å². The second-order valence-electron chi connectivity index (χ2n) is 3.47. The van der Waals surface area contributed by atoms with Gasteiger partial charge in [0.05, 0.1) is 11.2 Å². The quantitative estimate of drug-likeness (QED) is 0.642. The van der Waals surface area contributed by atoms with Gasteiger partial charge < -0.3 is 0 Å². The van der Waals surface area contributed by atoms with Crippen molar-refractivity contribution in [1.82, 2.24) is 15.0 Å². The molecule has 0 fully saturated rings. The molecule has 0 aliphatic heterocycles. The Hall–Kier alpha value is -1.87. The Bertz CT molecular complexity index is 631. The van der Waals surface area contributed by atoms with E-state index in [-0.39, 0.29) is 0 Å². The molecule has 0 bridgehead atoms. The van der Waals surface area contributed by atoms with Crippen molar-refractivity contribution in [3.05, 3.63) is 53.6 Å². The molecule has 0 atom stereocenters. The van der Waals surface area contributed by atoms with Gasteiger partial charge in [-0.1, -0.05) is 35.0 Å². The van der Waals surface area contributed by atoms with E-state index < -0.39 is 0 Å². The molecule has 3 aromatic rings. The van der Waals surface area contributed by atoms with Crippen molar-refractivity contribution in [2.24, 2.45) is 0 Å². The molecule has 2 aromatic carbocycles. The minimum absolute atomic E-state index is 0.687. The van der Waals surface area contributed by atoms with Gasteiger partial charge in [0.2, 0.25) is 0 Å². The van der Waals surface area contributed by atoms with Crippen molar-refractivity contribution >= 4 is 22.6 Å². The maximum absolute atomic E-state index is 5.97. The van der Waals surface area contributed by atoms with Crippen LogP contribution in [0.4, 0.5) is 0 Å². The molecule has 0 aliphatic rings. The molecule has 0 unspecified atom stereocenters. The van der Waals surface area contributed by atoms with E-state index >= 15 is 0 Å². The van der Waals surface area contributed by atoms with Gasteiger partial charge in [-0.15, -0.1) is 5.10 Å². The van der Waals surface area contributed by atoms with Crippen LogP contribution < -0.4 is 0 Å². The van der Waals surface area contributed by atoms with E-state index in [0.717, 1.165) is 16.7 Å². The summed E-state index contributed by atoms with van der Waals surface area (Å²) in [6.07, 6.45) is 0. The molecule has 4 heteroatoms. The first-order valence-electron chi connectivity index (χ1n) is 4.91. The van der Waals surface area contributed by atoms with E-state index in [1.807, 2.05) is 48.5 Å². The standard InChI is InChI=1S/C12H8ClN3/c13-9-6-7-11-12(8-9)16(15-14-11)10-4-2-1-3-5-10/h1-8H. The van der Waals surface area contributed by atoms with Crippen LogP contribution in [0.2, 0.25) is 5.02 Å². The summed E-state index contributed by atoms with van der Waals surface area (Å²) >= 11 is 5.97. The zero-order chi connectivity index (χ0) is 11.0. The zero-order valence-corrected chi connectivity index (χ0v) is 9.09. The number of hydrogen-bond acceptors (Lipinski definition) is 2. The molecule has 16 heavy (non-hydrogen) atoms. The number of fused-ring (bicyclic) bond motifs is 1. The highest BCUT2D eigenvalue weighted by molar-refractivity contribution is 6.31. The molecular formula is C12H8ClN3. The minimum Gasteiger partial charge on any atom is -0.213 e. The van der Waals surface area contributed by atoms with Crippen molar-refractivity contribution in [3.63, 3.8) is 0 Å². The van der Waals surface area contributed by atoms with Crippen LogP contribution in [0.25, 0.3) is 16.7 Å². The van der Waals surface area contributed by atoms with Gasteiger partial charge >= 0.3 is 0 Å². The Morgan fingerprint density at radius 3 is 2.62 bits per heavy atom. The van der Waals surface area contributed by atoms with E-state index in [1.54, 1.807) is 4.68 Å². The lowest BCUT2D eigenvalue weighted by molar-refractivity contribution is 0.824. The molecule has 0 spiro atoms. The topological polar surface area (TPSA) is 30.7 Å². The fourth-order valence-corrected chi connectivity index (χ4v) is 1.82. The molecule has 3 nitrogen and oxygen atoms in total. The van der Waals surface area contributed by atoms with Crippen molar-refractivity contribution in [3.8, 4) is 5.69 Å². The molecule has 0 amide bonds. The number of para-hydroxylation sites is 1. The number of hydrogen-bond donors (Lipinski definition) is 0. The summed E-state index contributed by atoms with van der Waals surface area (Å²) in [6, 6.07) is 15.4. The molecule has 0 aliphatic carbocycles. The van der Waals surface area contributed by atoms with Crippen LogP contribution in [0.5, 0.6) is 0 Å². The number of rotatable bonds is 1. The van der Waals surface area contributed by atoms with E-state index in [0.29, 0.717) is 5.02 Å². The molecule has 0 saturated carbocycles. The predicted octanol–water partition coefficient (Wildman–Crippen LogP) is 3.07. The van der Waals surface area contributed by atoms with Crippen molar-refractivity contribution < 1.29 is 0 Å². The van der Waals surface area contributed by atoms with E-state index in [2.05, 4.69) is 10.3 Å². The summed E-state index contributed by atoms with van der Waals surface area (Å²) in [5, 5.41) is 8.89. The van der Waals surface area contributed by atoms with Crippen LogP contribution in [-0.2, 0) is 0 Å². The molecule has 3 rings (SSSR count). The van der Waals surface area contributed by atoms with Gasteiger partial charge in [0, 0.05) is 5.02 Å². The number of nitrogens with zero attached hydrogens (tertiary/aromatic N) is 3. The molecule has 1 heterocycles. The van der Waals surface area contributed by atoms with Crippen LogP contribution in [0.1, 0.15) is 0 Å². The second kappa shape index (κ2) is 3.61. The van der Waals surface area contributed by atoms with Gasteiger partial charge in [0.25, 0.3) is 0 Å². The molecule has 78 valence electrons. The predicted molar refractivity (Wildman–Crippen MR) is 63.9 cm³/mol. The van der Waals surface area contributed by atoms with Crippen LogP contribution in [0.3, 0.4) is 0 Å². The maximum Gasteiger partial charge on any atom is 0.113 e. The van der Waals surface area contributed by atoms with Gasteiger partial charge in [-0.2, -0.15) is 0 Å². The Labute approximate surface area is 97.3 Å². The SMILES string of the molecule is Clc1ccc2nnn(-c3ccccc3)c2c1. The number of halogens is 1. The van der Waals surface area contributed by atoms with Gasteiger partial charge in [-0.05, 0) is 30.3 Å². The molecule has 0 radical (unpaired) electrons. The lowest BCUT2D eigenvalue weighted by atomic mass is 10.3. The highest BCUT2D eigenvalue weighted by Crippen LogP contribution is 2.19. The maximum atomic E-state index is 5.97. The van der Waals surface area contributed by atoms with Gasteiger partial charge in [0.1, 0.15) is 5.52 Å². The summed E-state index contributed by atoms with van der Waals surface area (Å²) in [6.45, 7) is 0. The third-order valence-corrected chi connectivity index (χ3v) is 2.64. The molecule has 0 saturated heterocycles. The van der Waals surface area contributed by atoms with Gasteiger partial charge in [-0.3, -0.25) is 0 Å². The average molecular weight is 230 g/mol. The summed E-state index contributed by atoms with van der Waals surface area (Å²) < 4.78 is 1.78. The van der Waals surface area contributed by atoms with Crippen LogP contribution in [-0.4, -0.2) is 15.0 Å². The lowest BCUT2D eigenvalue weighted by Gasteiger charge is -2.00. The Morgan fingerprint density at radius 1 is 1.00 bits per heavy atom. The van der Waals surface area contributed by atoms with E-state index in [4.69, 9.17) is 11.6 Å². The summed E-state index contributed by atoms with van der Waals surface area (Å²) in [5.41, 5.74) is 2.74. The first-order chi connectivity index (χ1) is 7.84. The van der Waals surface area contributed by atoms with Crippen molar-refractivity contribution in [1.29, 1.82) is 0 Å². The smallest absolute Gasteiger partial charge is 0.113 e. The average Bonchev–Trinajstić information content (AvgIpc) is 2.73. The first-order valence-corrected chi connectivity index (χ1v) is 5.29. The van der Waals surface area contributed by atoms with Crippen molar-refractivity contribution in [2.75, 3.05) is 0 Å². The fourth-order valence-electron chi connectivity index (χ4n) is 1.65. The normalized spacial score (nSPS) is 10.8. The third-order valence-electron chi connectivity index (χ3n) is 2.41. The molecule has 1 aromatic heterocycles. The van der Waals surface area contributed by atoms with Crippen molar-refractivity contribution in [2.45, 2.75) is 0 Å². The first kappa shape index (κ1) is 9.36. The Kier molecular flexibility index (Phi) is 2.11. The van der Waals surface area contributed by atoms with Gasteiger partial charge in [-0.25, -0.2) is 4.68 Å². The summed E-state index contributed by atoms with van der Waals surface area (Å²) in [5.74, 6) is 0. The van der Waals surface area contributed by atoms with E-state index in [9.17, 15) is 0 Å². The monoisotopic (exact) mass is 229 g/mol. The summed E-state index contributed by atoms with van der Waals surface area (Å²) in [4.78, 5) is 0.